The zero-order valence-electron chi connectivity index (χ0n) is 10.7. The van der Waals surface area contributed by atoms with Gasteiger partial charge >= 0.3 is 0 Å². The van der Waals surface area contributed by atoms with E-state index < -0.39 is 10.0 Å². The minimum absolute atomic E-state index is 0.229. The van der Waals surface area contributed by atoms with E-state index in [4.69, 9.17) is 0 Å². The molecule has 1 aliphatic rings. The van der Waals surface area contributed by atoms with Gasteiger partial charge in [0.2, 0.25) is 10.0 Å². The second-order valence-electron chi connectivity index (χ2n) is 4.74. The van der Waals surface area contributed by atoms with Crippen LogP contribution in [0, 0.1) is 0 Å². The van der Waals surface area contributed by atoms with Crippen LogP contribution in [0.1, 0.15) is 18.4 Å². The van der Waals surface area contributed by atoms with E-state index in [1.165, 1.54) is 4.31 Å². The first-order valence-corrected chi connectivity index (χ1v) is 7.81. The Morgan fingerprint density at radius 1 is 1.22 bits per heavy atom. The highest BCUT2D eigenvalue weighted by molar-refractivity contribution is 7.89. The van der Waals surface area contributed by atoms with Crippen molar-refractivity contribution >= 4 is 10.0 Å². The Labute approximate surface area is 109 Å². The van der Waals surface area contributed by atoms with Crippen molar-refractivity contribution < 1.29 is 8.42 Å². The van der Waals surface area contributed by atoms with E-state index in [9.17, 15) is 8.42 Å². The number of benzene rings is 1. The van der Waals surface area contributed by atoms with Gasteiger partial charge in [-0.25, -0.2) is 12.7 Å². The predicted molar refractivity (Wildman–Crippen MR) is 72.7 cm³/mol. The molecule has 0 aliphatic carbocycles. The maximum Gasteiger partial charge on any atom is 0.217 e. The molecule has 5 heteroatoms. The number of piperidine rings is 1. The van der Waals surface area contributed by atoms with Crippen LogP contribution in [0.3, 0.4) is 0 Å². The maximum atomic E-state index is 12.4. The molecule has 1 heterocycles. The van der Waals surface area contributed by atoms with Gasteiger partial charge in [-0.2, -0.15) is 0 Å². The van der Waals surface area contributed by atoms with Crippen LogP contribution >= 0.6 is 0 Å². The van der Waals surface area contributed by atoms with Crippen LogP contribution in [0.2, 0.25) is 0 Å². The van der Waals surface area contributed by atoms with Gasteiger partial charge in [0.1, 0.15) is 0 Å². The molecule has 18 heavy (non-hydrogen) atoms. The minimum atomic E-state index is -3.17. The summed E-state index contributed by atoms with van der Waals surface area (Å²) in [4.78, 5) is 0. The maximum absolute atomic E-state index is 12.4. The summed E-state index contributed by atoms with van der Waals surface area (Å²) in [7, 11) is -1.50. The quantitative estimate of drug-likeness (QED) is 0.892. The second kappa shape index (κ2) is 5.82. The van der Waals surface area contributed by atoms with E-state index in [-0.39, 0.29) is 5.25 Å². The van der Waals surface area contributed by atoms with E-state index in [2.05, 4.69) is 5.32 Å². The SMILES string of the molecule is CN(Cc1ccccc1)S(=O)(=O)C1CCNCC1. The predicted octanol–water partition coefficient (Wildman–Crippen LogP) is 1.20. The van der Waals surface area contributed by atoms with Gasteiger partial charge in [-0.1, -0.05) is 30.3 Å². The summed E-state index contributed by atoms with van der Waals surface area (Å²) in [5.41, 5.74) is 1.03. The molecular weight excluding hydrogens is 248 g/mol. The molecule has 1 aromatic carbocycles. The fourth-order valence-electron chi connectivity index (χ4n) is 2.28. The second-order valence-corrected chi connectivity index (χ2v) is 7.06. The molecule has 1 aromatic rings. The molecule has 0 bridgehead atoms. The van der Waals surface area contributed by atoms with Crippen LogP contribution in [-0.2, 0) is 16.6 Å². The summed E-state index contributed by atoms with van der Waals surface area (Å²) in [6.07, 6.45) is 1.42. The van der Waals surface area contributed by atoms with Gasteiger partial charge in [0.25, 0.3) is 0 Å². The Kier molecular flexibility index (Phi) is 4.37. The Morgan fingerprint density at radius 2 is 1.83 bits per heavy atom. The molecule has 1 fully saturated rings. The van der Waals surface area contributed by atoms with Crippen molar-refractivity contribution in [3.63, 3.8) is 0 Å². The molecule has 0 atom stereocenters. The first-order chi connectivity index (χ1) is 8.60. The van der Waals surface area contributed by atoms with E-state index in [0.717, 1.165) is 18.7 Å². The van der Waals surface area contributed by atoms with Crippen molar-refractivity contribution in [2.45, 2.75) is 24.6 Å². The average molecular weight is 268 g/mol. The number of hydrogen-bond donors (Lipinski definition) is 1. The minimum Gasteiger partial charge on any atom is -0.317 e. The van der Waals surface area contributed by atoms with Gasteiger partial charge in [0.05, 0.1) is 5.25 Å². The summed E-state index contributed by atoms with van der Waals surface area (Å²) in [6, 6.07) is 9.70. The Hall–Kier alpha value is -0.910. The van der Waals surface area contributed by atoms with Crippen LogP contribution in [0.5, 0.6) is 0 Å². The number of nitrogens with zero attached hydrogens (tertiary/aromatic N) is 1. The van der Waals surface area contributed by atoms with Gasteiger partial charge in [-0.05, 0) is 31.5 Å². The van der Waals surface area contributed by atoms with E-state index in [0.29, 0.717) is 19.4 Å². The number of hydrogen-bond acceptors (Lipinski definition) is 3. The lowest BCUT2D eigenvalue weighted by Crippen LogP contribution is -2.42. The molecule has 100 valence electrons. The van der Waals surface area contributed by atoms with Crippen molar-refractivity contribution in [1.29, 1.82) is 0 Å². The lowest BCUT2D eigenvalue weighted by Gasteiger charge is -2.27. The molecule has 1 saturated heterocycles. The van der Waals surface area contributed by atoms with Crippen LogP contribution in [0.25, 0.3) is 0 Å². The third-order valence-corrected chi connectivity index (χ3v) is 5.70. The van der Waals surface area contributed by atoms with Gasteiger partial charge in [0.15, 0.2) is 0 Å². The molecular formula is C13H20N2O2S. The molecule has 0 radical (unpaired) electrons. The molecule has 4 nitrogen and oxygen atoms in total. The summed E-state index contributed by atoms with van der Waals surface area (Å²) in [5.74, 6) is 0. The van der Waals surface area contributed by atoms with Crippen LogP contribution in [-0.4, -0.2) is 38.1 Å². The average Bonchev–Trinajstić information content (AvgIpc) is 2.41. The first kappa shape index (κ1) is 13.5. The van der Waals surface area contributed by atoms with Crippen molar-refractivity contribution in [3.8, 4) is 0 Å². The van der Waals surface area contributed by atoms with Crippen molar-refractivity contribution in [1.82, 2.24) is 9.62 Å². The largest absolute Gasteiger partial charge is 0.317 e. The molecule has 0 aromatic heterocycles. The summed E-state index contributed by atoms with van der Waals surface area (Å²) >= 11 is 0. The lowest BCUT2D eigenvalue weighted by atomic mass is 10.2. The van der Waals surface area contributed by atoms with Gasteiger partial charge in [0, 0.05) is 13.6 Å². The zero-order chi connectivity index (χ0) is 13.0. The highest BCUT2D eigenvalue weighted by Gasteiger charge is 2.30. The fourth-order valence-corrected chi connectivity index (χ4v) is 3.95. The van der Waals surface area contributed by atoms with Gasteiger partial charge in [-0.3, -0.25) is 0 Å². The third kappa shape index (κ3) is 3.10. The van der Waals surface area contributed by atoms with Crippen molar-refractivity contribution in [3.05, 3.63) is 35.9 Å². The molecule has 0 saturated carbocycles. The van der Waals surface area contributed by atoms with E-state index in [1.54, 1.807) is 7.05 Å². The summed E-state index contributed by atoms with van der Waals surface area (Å²) < 4.78 is 26.3. The van der Waals surface area contributed by atoms with E-state index in [1.807, 2.05) is 30.3 Å². The summed E-state index contributed by atoms with van der Waals surface area (Å²) in [6.45, 7) is 2.04. The van der Waals surface area contributed by atoms with Gasteiger partial charge < -0.3 is 5.32 Å². The normalized spacial score (nSPS) is 18.1. The van der Waals surface area contributed by atoms with Crippen molar-refractivity contribution in [2.24, 2.45) is 0 Å². The van der Waals surface area contributed by atoms with Crippen LogP contribution in [0.15, 0.2) is 30.3 Å². The van der Waals surface area contributed by atoms with Crippen molar-refractivity contribution in [2.75, 3.05) is 20.1 Å². The standard InChI is InChI=1S/C13H20N2O2S/c1-15(11-12-5-3-2-4-6-12)18(16,17)13-7-9-14-10-8-13/h2-6,13-14H,7-11H2,1H3. The van der Waals surface area contributed by atoms with Gasteiger partial charge in [-0.15, -0.1) is 0 Å². The monoisotopic (exact) mass is 268 g/mol. The highest BCUT2D eigenvalue weighted by atomic mass is 32.2. The molecule has 1 N–H and O–H groups in total. The zero-order valence-corrected chi connectivity index (χ0v) is 11.5. The molecule has 0 unspecified atom stereocenters. The number of sulfonamides is 1. The topological polar surface area (TPSA) is 49.4 Å². The molecule has 0 amide bonds. The lowest BCUT2D eigenvalue weighted by molar-refractivity contribution is 0.428. The Morgan fingerprint density at radius 3 is 2.44 bits per heavy atom. The van der Waals surface area contributed by atoms with E-state index >= 15 is 0 Å². The Balaban J connectivity index is 2.05. The molecule has 1 aliphatic heterocycles. The van der Waals surface area contributed by atoms with Crippen LogP contribution < -0.4 is 5.32 Å². The first-order valence-electron chi connectivity index (χ1n) is 6.30. The summed E-state index contributed by atoms with van der Waals surface area (Å²) in [5, 5.41) is 2.96. The Bertz CT molecular complexity index is 467. The highest BCUT2D eigenvalue weighted by Crippen LogP contribution is 2.18. The smallest absolute Gasteiger partial charge is 0.217 e. The molecule has 2 rings (SSSR count). The molecule has 0 spiro atoms. The number of rotatable bonds is 4. The van der Waals surface area contributed by atoms with Crippen LogP contribution in [0.4, 0.5) is 0 Å². The number of nitrogens with one attached hydrogen (secondary N) is 1. The third-order valence-electron chi connectivity index (χ3n) is 3.39. The fraction of sp³-hybridized carbons (Fsp3) is 0.538.